The third-order valence-electron chi connectivity index (χ3n) is 2.51. The van der Waals surface area contributed by atoms with Crippen LogP contribution in [0.1, 0.15) is 23.7 Å². The predicted molar refractivity (Wildman–Crippen MR) is 52.5 cm³/mol. The SMILES string of the molecule is Cc1cccc(C2OCCC2N)c1. The molecule has 1 heterocycles. The van der Waals surface area contributed by atoms with Crippen LogP contribution in [0.25, 0.3) is 0 Å². The van der Waals surface area contributed by atoms with Crippen molar-refractivity contribution in [1.82, 2.24) is 0 Å². The lowest BCUT2D eigenvalue weighted by atomic mass is 10.0. The summed E-state index contributed by atoms with van der Waals surface area (Å²) in [5, 5.41) is 0. The largest absolute Gasteiger partial charge is 0.372 e. The molecule has 70 valence electrons. The van der Waals surface area contributed by atoms with Crippen molar-refractivity contribution in [3.63, 3.8) is 0 Å². The van der Waals surface area contributed by atoms with Gasteiger partial charge in [0.2, 0.25) is 0 Å². The lowest BCUT2D eigenvalue weighted by Gasteiger charge is -2.15. The van der Waals surface area contributed by atoms with Gasteiger partial charge in [0.15, 0.2) is 0 Å². The summed E-state index contributed by atoms with van der Waals surface area (Å²) in [6, 6.07) is 8.55. The lowest BCUT2D eigenvalue weighted by Crippen LogP contribution is -2.23. The Labute approximate surface area is 78.7 Å². The quantitative estimate of drug-likeness (QED) is 0.709. The molecule has 0 bridgehead atoms. The smallest absolute Gasteiger partial charge is 0.0976 e. The van der Waals surface area contributed by atoms with Crippen LogP contribution in [0.15, 0.2) is 24.3 Å². The summed E-state index contributed by atoms with van der Waals surface area (Å²) < 4.78 is 5.58. The second-order valence-corrected chi connectivity index (χ2v) is 3.66. The average Bonchev–Trinajstić information content (AvgIpc) is 2.51. The van der Waals surface area contributed by atoms with Crippen LogP contribution >= 0.6 is 0 Å². The number of rotatable bonds is 1. The van der Waals surface area contributed by atoms with Crippen molar-refractivity contribution < 1.29 is 4.74 Å². The Morgan fingerprint density at radius 2 is 2.31 bits per heavy atom. The standard InChI is InChI=1S/C11H15NO/c1-8-3-2-4-9(7-8)11-10(12)5-6-13-11/h2-4,7,10-11H,5-6,12H2,1H3. The van der Waals surface area contributed by atoms with Gasteiger partial charge in [0, 0.05) is 12.6 Å². The number of ether oxygens (including phenoxy) is 1. The average molecular weight is 177 g/mol. The van der Waals surface area contributed by atoms with Gasteiger partial charge in [-0.2, -0.15) is 0 Å². The van der Waals surface area contributed by atoms with Crippen molar-refractivity contribution in [1.29, 1.82) is 0 Å². The number of hydrogen-bond donors (Lipinski definition) is 1. The number of benzene rings is 1. The van der Waals surface area contributed by atoms with Gasteiger partial charge in [-0.15, -0.1) is 0 Å². The number of nitrogens with two attached hydrogens (primary N) is 1. The Kier molecular flexibility index (Phi) is 2.34. The Hall–Kier alpha value is -0.860. The summed E-state index contributed by atoms with van der Waals surface area (Å²) in [6.45, 7) is 2.88. The number of aryl methyl sites for hydroxylation is 1. The van der Waals surface area contributed by atoms with E-state index in [0.29, 0.717) is 0 Å². The van der Waals surface area contributed by atoms with Crippen LogP contribution in [0.2, 0.25) is 0 Å². The van der Waals surface area contributed by atoms with Crippen molar-refractivity contribution in [2.24, 2.45) is 5.73 Å². The van der Waals surface area contributed by atoms with E-state index in [9.17, 15) is 0 Å². The van der Waals surface area contributed by atoms with E-state index in [0.717, 1.165) is 13.0 Å². The van der Waals surface area contributed by atoms with Gasteiger partial charge in [-0.3, -0.25) is 0 Å². The van der Waals surface area contributed by atoms with Gasteiger partial charge in [-0.05, 0) is 18.9 Å². The summed E-state index contributed by atoms with van der Waals surface area (Å²) in [6.07, 6.45) is 1.08. The molecular formula is C11H15NO. The molecule has 0 spiro atoms. The second kappa shape index (κ2) is 3.48. The molecule has 13 heavy (non-hydrogen) atoms. The van der Waals surface area contributed by atoms with Crippen LogP contribution in [-0.4, -0.2) is 12.6 Å². The molecule has 1 saturated heterocycles. The fourth-order valence-electron chi connectivity index (χ4n) is 1.80. The summed E-state index contributed by atoms with van der Waals surface area (Å²) in [4.78, 5) is 0. The van der Waals surface area contributed by atoms with Crippen LogP contribution < -0.4 is 5.73 Å². The summed E-state index contributed by atoms with van der Waals surface area (Å²) in [7, 11) is 0. The van der Waals surface area contributed by atoms with Gasteiger partial charge in [0.25, 0.3) is 0 Å². The molecule has 1 fully saturated rings. The molecule has 0 aromatic heterocycles. The molecule has 1 aliphatic rings. The molecule has 2 N–H and O–H groups in total. The summed E-state index contributed by atoms with van der Waals surface area (Å²) in [5.41, 5.74) is 8.41. The minimum absolute atomic E-state index is 0.111. The molecule has 1 aliphatic heterocycles. The van der Waals surface area contributed by atoms with Crippen molar-refractivity contribution in [2.75, 3.05) is 6.61 Å². The van der Waals surface area contributed by atoms with Crippen LogP contribution in [0.3, 0.4) is 0 Å². The first-order chi connectivity index (χ1) is 6.27. The van der Waals surface area contributed by atoms with Gasteiger partial charge >= 0.3 is 0 Å². The fraction of sp³-hybridized carbons (Fsp3) is 0.455. The minimum atomic E-state index is 0.111. The molecule has 2 heteroatoms. The first kappa shape index (κ1) is 8.73. The Morgan fingerprint density at radius 1 is 1.46 bits per heavy atom. The van der Waals surface area contributed by atoms with Crippen molar-refractivity contribution >= 4 is 0 Å². The van der Waals surface area contributed by atoms with Crippen LogP contribution in [0, 0.1) is 6.92 Å². The zero-order valence-corrected chi connectivity index (χ0v) is 7.86. The summed E-state index contributed by atoms with van der Waals surface area (Å²) in [5.74, 6) is 0. The van der Waals surface area contributed by atoms with Crippen molar-refractivity contribution in [3.05, 3.63) is 35.4 Å². The third kappa shape index (κ3) is 1.74. The molecule has 2 nitrogen and oxygen atoms in total. The first-order valence-electron chi connectivity index (χ1n) is 4.71. The Bertz CT molecular complexity index is 298. The van der Waals surface area contributed by atoms with Crippen molar-refractivity contribution in [2.45, 2.75) is 25.5 Å². The van der Waals surface area contributed by atoms with E-state index in [2.05, 4.69) is 31.2 Å². The molecule has 2 rings (SSSR count). The molecule has 2 unspecified atom stereocenters. The summed E-state index contributed by atoms with van der Waals surface area (Å²) >= 11 is 0. The van der Waals surface area contributed by atoms with Gasteiger partial charge in [-0.25, -0.2) is 0 Å². The predicted octanol–water partition coefficient (Wildman–Crippen LogP) is 1.78. The normalized spacial score (nSPS) is 27.8. The Balaban J connectivity index is 2.24. The van der Waals surface area contributed by atoms with E-state index in [1.807, 2.05) is 0 Å². The molecule has 1 aromatic rings. The molecule has 0 aliphatic carbocycles. The van der Waals surface area contributed by atoms with E-state index < -0.39 is 0 Å². The van der Waals surface area contributed by atoms with Gasteiger partial charge < -0.3 is 10.5 Å². The Morgan fingerprint density at radius 3 is 2.92 bits per heavy atom. The highest BCUT2D eigenvalue weighted by Crippen LogP contribution is 2.27. The van der Waals surface area contributed by atoms with Crippen LogP contribution in [0.4, 0.5) is 0 Å². The van der Waals surface area contributed by atoms with Gasteiger partial charge in [-0.1, -0.05) is 29.8 Å². The molecular weight excluding hydrogens is 162 g/mol. The highest BCUT2D eigenvalue weighted by atomic mass is 16.5. The molecule has 0 saturated carbocycles. The second-order valence-electron chi connectivity index (χ2n) is 3.66. The van der Waals surface area contributed by atoms with Gasteiger partial charge in [0.1, 0.15) is 0 Å². The molecule has 0 radical (unpaired) electrons. The topological polar surface area (TPSA) is 35.2 Å². The maximum Gasteiger partial charge on any atom is 0.0976 e. The third-order valence-corrected chi connectivity index (χ3v) is 2.51. The monoisotopic (exact) mass is 177 g/mol. The maximum absolute atomic E-state index is 5.94. The number of hydrogen-bond acceptors (Lipinski definition) is 2. The van der Waals surface area contributed by atoms with Crippen molar-refractivity contribution in [3.8, 4) is 0 Å². The molecule has 2 atom stereocenters. The van der Waals surface area contributed by atoms with Gasteiger partial charge in [0.05, 0.1) is 6.10 Å². The molecule has 1 aromatic carbocycles. The van der Waals surface area contributed by atoms with Crippen LogP contribution in [0.5, 0.6) is 0 Å². The van der Waals surface area contributed by atoms with E-state index in [4.69, 9.17) is 10.5 Å². The lowest BCUT2D eigenvalue weighted by molar-refractivity contribution is 0.105. The zero-order valence-electron chi connectivity index (χ0n) is 7.86. The minimum Gasteiger partial charge on any atom is -0.372 e. The zero-order chi connectivity index (χ0) is 9.26. The van der Waals surface area contributed by atoms with E-state index in [1.54, 1.807) is 0 Å². The molecule has 0 amide bonds. The highest BCUT2D eigenvalue weighted by Gasteiger charge is 2.25. The van der Waals surface area contributed by atoms with E-state index >= 15 is 0 Å². The van der Waals surface area contributed by atoms with E-state index in [1.165, 1.54) is 11.1 Å². The van der Waals surface area contributed by atoms with E-state index in [-0.39, 0.29) is 12.1 Å². The maximum atomic E-state index is 5.94. The first-order valence-corrected chi connectivity index (χ1v) is 4.71. The fourth-order valence-corrected chi connectivity index (χ4v) is 1.80. The van der Waals surface area contributed by atoms with Crippen LogP contribution in [-0.2, 0) is 4.74 Å². The highest BCUT2D eigenvalue weighted by molar-refractivity contribution is 5.25.